The predicted molar refractivity (Wildman–Crippen MR) is 63.4 cm³/mol. The van der Waals surface area contributed by atoms with E-state index in [1.807, 2.05) is 0 Å². The zero-order valence-electron chi connectivity index (χ0n) is 10.9. The molecule has 0 heterocycles. The second-order valence-corrected chi connectivity index (χ2v) is 5.02. The number of rotatable bonds is 9. The summed E-state index contributed by atoms with van der Waals surface area (Å²) >= 11 is 0. The Kier molecular flexibility index (Phi) is 7.54. The molecule has 6 heteroatoms. The van der Waals surface area contributed by atoms with Crippen LogP contribution in [0.3, 0.4) is 0 Å². The van der Waals surface area contributed by atoms with E-state index in [0.717, 1.165) is 0 Å². The van der Waals surface area contributed by atoms with Gasteiger partial charge >= 0.3 is 0 Å². The first-order valence-corrected chi connectivity index (χ1v) is 6.07. The molecule has 0 fully saturated rings. The fraction of sp³-hybridized carbons (Fsp3) is 0.833. The molecule has 3 N–H and O–H groups in total. The van der Waals surface area contributed by atoms with Crippen molar-refractivity contribution in [1.82, 2.24) is 5.32 Å². The van der Waals surface area contributed by atoms with Gasteiger partial charge in [0.25, 0.3) is 0 Å². The lowest BCUT2D eigenvalue weighted by Gasteiger charge is -2.27. The Morgan fingerprint density at radius 3 is 2.39 bits per heavy atom. The fourth-order valence-electron chi connectivity index (χ4n) is 1.32. The van der Waals surface area contributed by atoms with Crippen LogP contribution < -0.4 is 10.4 Å². The smallest absolute Gasteiger partial charge is 0.249 e. The van der Waals surface area contributed by atoms with Crippen LogP contribution >= 0.6 is 0 Å². The van der Waals surface area contributed by atoms with Crippen molar-refractivity contribution in [3.63, 3.8) is 0 Å². The van der Waals surface area contributed by atoms with Crippen molar-refractivity contribution in [2.75, 3.05) is 13.2 Å². The normalized spacial score (nSPS) is 13.1. The molecule has 0 aromatic rings. The summed E-state index contributed by atoms with van der Waals surface area (Å²) in [4.78, 5) is 21.6. The van der Waals surface area contributed by atoms with Crippen molar-refractivity contribution >= 4 is 11.9 Å². The van der Waals surface area contributed by atoms with E-state index in [9.17, 15) is 19.8 Å². The molecule has 0 aliphatic carbocycles. The summed E-state index contributed by atoms with van der Waals surface area (Å²) in [6.07, 6.45) is 0.599. The van der Waals surface area contributed by atoms with Crippen molar-refractivity contribution in [1.29, 1.82) is 0 Å². The number of aliphatic hydroxyl groups is 2. The van der Waals surface area contributed by atoms with Crippen LogP contribution in [0.1, 0.15) is 39.5 Å². The number of hydrogen-bond acceptors (Lipinski definition) is 5. The van der Waals surface area contributed by atoms with Gasteiger partial charge in [-0.1, -0.05) is 20.3 Å². The van der Waals surface area contributed by atoms with Gasteiger partial charge in [0, 0.05) is 17.9 Å². The molecule has 0 unspecified atom stereocenters. The van der Waals surface area contributed by atoms with E-state index in [1.54, 1.807) is 13.8 Å². The molecule has 1 atom stereocenters. The van der Waals surface area contributed by atoms with Gasteiger partial charge in [-0.3, -0.25) is 4.79 Å². The molecule has 0 aliphatic heterocycles. The summed E-state index contributed by atoms with van der Waals surface area (Å²) in [5, 5.41) is 31.4. The number of hydrogen-bond donors (Lipinski definition) is 3. The third kappa shape index (κ3) is 6.56. The number of nitrogens with one attached hydrogen (secondary N) is 1. The molecular weight excluding hydrogens is 238 g/mol. The molecule has 0 saturated heterocycles. The van der Waals surface area contributed by atoms with Gasteiger partial charge in [0.05, 0.1) is 6.61 Å². The molecule has 1 amide bonds. The van der Waals surface area contributed by atoms with Gasteiger partial charge in [-0.15, -0.1) is 0 Å². The fourth-order valence-corrected chi connectivity index (χ4v) is 1.32. The standard InChI is InChI=1S/C12H23NO5/c1-12(2,8-14)10(17)11(18)13-7-5-3-4-6-9(15)16/h10,14,17H,3-8H2,1-2H3,(H,13,18)(H,15,16)/p-1/t10-/m0/s1. The number of carboxylic acid groups (broad SMARTS) is 1. The summed E-state index contributed by atoms with van der Waals surface area (Å²) < 4.78 is 0. The average Bonchev–Trinajstić information content (AvgIpc) is 2.31. The highest BCUT2D eigenvalue weighted by Crippen LogP contribution is 2.19. The minimum atomic E-state index is -1.26. The van der Waals surface area contributed by atoms with Gasteiger partial charge in [-0.25, -0.2) is 0 Å². The molecular formula is C12H22NO5-. The maximum atomic E-state index is 11.5. The number of carboxylic acids is 1. The van der Waals surface area contributed by atoms with E-state index in [4.69, 9.17) is 5.11 Å². The van der Waals surface area contributed by atoms with Gasteiger partial charge < -0.3 is 25.4 Å². The second kappa shape index (κ2) is 8.05. The molecule has 106 valence electrons. The van der Waals surface area contributed by atoms with Gasteiger partial charge in [-0.2, -0.15) is 0 Å². The first-order valence-electron chi connectivity index (χ1n) is 6.07. The summed E-state index contributed by atoms with van der Waals surface area (Å²) in [6.45, 7) is 3.28. The lowest BCUT2D eigenvalue weighted by atomic mass is 9.87. The van der Waals surface area contributed by atoms with Gasteiger partial charge in [0.1, 0.15) is 6.10 Å². The largest absolute Gasteiger partial charge is 0.550 e. The van der Waals surface area contributed by atoms with E-state index < -0.39 is 23.4 Å². The number of carbonyl (C=O) groups excluding carboxylic acids is 2. The SMILES string of the molecule is CC(C)(CO)[C@@H](O)C(=O)NCCCCCC(=O)[O-]. The average molecular weight is 260 g/mol. The van der Waals surface area contributed by atoms with Crippen LogP contribution in [0.15, 0.2) is 0 Å². The molecule has 18 heavy (non-hydrogen) atoms. The van der Waals surface area contributed by atoms with Crippen LogP contribution in [-0.2, 0) is 9.59 Å². The quantitative estimate of drug-likeness (QED) is 0.451. The zero-order chi connectivity index (χ0) is 14.2. The van der Waals surface area contributed by atoms with E-state index in [-0.39, 0.29) is 13.0 Å². The van der Waals surface area contributed by atoms with Crippen LogP contribution in [0.4, 0.5) is 0 Å². The maximum absolute atomic E-state index is 11.5. The van der Waals surface area contributed by atoms with Crippen molar-refractivity contribution in [3.05, 3.63) is 0 Å². The number of carbonyl (C=O) groups is 2. The molecule has 6 nitrogen and oxygen atoms in total. The Hall–Kier alpha value is -1.14. The Bertz CT molecular complexity index is 278. The highest BCUT2D eigenvalue weighted by atomic mass is 16.4. The van der Waals surface area contributed by atoms with Gasteiger partial charge in [-0.05, 0) is 19.3 Å². The minimum Gasteiger partial charge on any atom is -0.550 e. The first kappa shape index (κ1) is 16.9. The highest BCUT2D eigenvalue weighted by Gasteiger charge is 2.32. The second-order valence-electron chi connectivity index (χ2n) is 5.02. The van der Waals surface area contributed by atoms with E-state index in [0.29, 0.717) is 25.8 Å². The molecule has 0 spiro atoms. The van der Waals surface area contributed by atoms with Gasteiger partial charge in [0.15, 0.2) is 0 Å². The summed E-state index contributed by atoms with van der Waals surface area (Å²) in [5.41, 5.74) is -0.876. The summed E-state index contributed by atoms with van der Waals surface area (Å²) in [7, 11) is 0. The number of amides is 1. The Morgan fingerprint density at radius 2 is 1.89 bits per heavy atom. The predicted octanol–water partition coefficient (Wildman–Crippen LogP) is -1.21. The molecule has 0 rings (SSSR count). The van der Waals surface area contributed by atoms with Crippen molar-refractivity contribution in [3.8, 4) is 0 Å². The van der Waals surface area contributed by atoms with Crippen LogP contribution in [0, 0.1) is 5.41 Å². The first-order chi connectivity index (χ1) is 8.31. The van der Waals surface area contributed by atoms with Gasteiger partial charge in [0.2, 0.25) is 5.91 Å². The van der Waals surface area contributed by atoms with E-state index in [2.05, 4.69) is 5.32 Å². The Labute approximate surface area is 107 Å². The van der Waals surface area contributed by atoms with E-state index >= 15 is 0 Å². The lowest BCUT2D eigenvalue weighted by Crippen LogP contribution is -2.45. The highest BCUT2D eigenvalue weighted by molar-refractivity contribution is 5.81. The maximum Gasteiger partial charge on any atom is 0.249 e. The molecule has 0 bridgehead atoms. The number of aliphatic carboxylic acids is 1. The Balaban J connectivity index is 3.74. The van der Waals surface area contributed by atoms with Crippen molar-refractivity contribution in [2.24, 2.45) is 5.41 Å². The summed E-state index contributed by atoms with van der Waals surface area (Å²) in [5.74, 6) is -1.59. The minimum absolute atomic E-state index is 0.0219. The summed E-state index contributed by atoms with van der Waals surface area (Å²) in [6, 6.07) is 0. The van der Waals surface area contributed by atoms with Crippen LogP contribution in [-0.4, -0.2) is 41.3 Å². The third-order valence-electron chi connectivity index (χ3n) is 2.75. The Morgan fingerprint density at radius 1 is 1.28 bits per heavy atom. The molecule has 0 aliphatic rings. The zero-order valence-corrected chi connectivity index (χ0v) is 10.9. The number of unbranched alkanes of at least 4 members (excludes halogenated alkanes) is 2. The van der Waals surface area contributed by atoms with Crippen molar-refractivity contribution in [2.45, 2.75) is 45.6 Å². The van der Waals surface area contributed by atoms with Crippen molar-refractivity contribution < 1.29 is 24.9 Å². The lowest BCUT2D eigenvalue weighted by molar-refractivity contribution is -0.305. The molecule has 0 aromatic carbocycles. The monoisotopic (exact) mass is 260 g/mol. The molecule has 0 aromatic heterocycles. The van der Waals surface area contributed by atoms with Crippen LogP contribution in [0.25, 0.3) is 0 Å². The topological polar surface area (TPSA) is 110 Å². The third-order valence-corrected chi connectivity index (χ3v) is 2.75. The number of aliphatic hydroxyl groups excluding tert-OH is 2. The van der Waals surface area contributed by atoms with Crippen LogP contribution in [0.2, 0.25) is 0 Å². The van der Waals surface area contributed by atoms with Crippen LogP contribution in [0.5, 0.6) is 0 Å². The molecule has 0 radical (unpaired) electrons. The van der Waals surface area contributed by atoms with E-state index in [1.165, 1.54) is 0 Å². The molecule has 0 saturated carbocycles.